The molecule has 6 nitrogen and oxygen atoms in total. The van der Waals surface area contributed by atoms with Gasteiger partial charge in [0.25, 0.3) is 0 Å². The summed E-state index contributed by atoms with van der Waals surface area (Å²) in [4.78, 5) is 18.9. The van der Waals surface area contributed by atoms with Crippen LogP contribution in [0.25, 0.3) is 0 Å². The van der Waals surface area contributed by atoms with Gasteiger partial charge in [0.05, 0.1) is 18.8 Å². The molecule has 2 fully saturated rings. The van der Waals surface area contributed by atoms with Crippen molar-refractivity contribution in [1.29, 1.82) is 0 Å². The number of carbonyl (C=O) groups excluding carboxylic acids is 1. The van der Waals surface area contributed by atoms with E-state index in [-0.39, 0.29) is 12.0 Å². The molecule has 1 amide bonds. The van der Waals surface area contributed by atoms with Gasteiger partial charge >= 0.3 is 0 Å². The van der Waals surface area contributed by atoms with E-state index in [1.807, 2.05) is 20.8 Å². The molecule has 1 saturated carbocycles. The number of hydrogen-bond acceptors (Lipinski definition) is 5. The second kappa shape index (κ2) is 8.32. The molecule has 1 aromatic rings. The lowest BCUT2D eigenvalue weighted by atomic mass is 9.96. The number of aromatic nitrogens is 1. The molecular weight excluding hydrogens is 318 g/mol. The Hall–Kier alpha value is -1.40. The summed E-state index contributed by atoms with van der Waals surface area (Å²) < 4.78 is 11.3. The molecule has 1 aliphatic carbocycles. The molecule has 1 N–H and O–H groups in total. The first-order chi connectivity index (χ1) is 12.0. The van der Waals surface area contributed by atoms with Crippen LogP contribution in [0.3, 0.4) is 0 Å². The molecule has 2 heterocycles. The van der Waals surface area contributed by atoms with E-state index in [2.05, 4.69) is 15.2 Å². The maximum absolute atomic E-state index is 12.1. The summed E-state index contributed by atoms with van der Waals surface area (Å²) in [6.45, 7) is 10.1. The number of nitrogens with zero attached hydrogens (tertiary/aromatic N) is 2. The summed E-state index contributed by atoms with van der Waals surface area (Å²) in [6, 6.07) is 0. The minimum absolute atomic E-state index is 0.0221. The van der Waals surface area contributed by atoms with Gasteiger partial charge in [-0.2, -0.15) is 0 Å². The third-order valence-electron chi connectivity index (χ3n) is 5.35. The first kappa shape index (κ1) is 18.4. The molecule has 2 aliphatic rings. The van der Waals surface area contributed by atoms with Crippen molar-refractivity contribution < 1.29 is 13.9 Å². The van der Waals surface area contributed by atoms with Crippen molar-refractivity contribution in [3.8, 4) is 0 Å². The molecule has 0 radical (unpaired) electrons. The zero-order chi connectivity index (χ0) is 17.8. The molecule has 0 bridgehead atoms. The first-order valence-electron chi connectivity index (χ1n) is 9.56. The molecule has 25 heavy (non-hydrogen) atoms. The molecule has 6 heteroatoms. The fourth-order valence-corrected chi connectivity index (χ4v) is 3.18. The van der Waals surface area contributed by atoms with E-state index in [9.17, 15) is 4.79 Å². The Bertz CT molecular complexity index is 555. The van der Waals surface area contributed by atoms with Gasteiger partial charge < -0.3 is 14.5 Å². The van der Waals surface area contributed by atoms with Gasteiger partial charge in [0, 0.05) is 6.54 Å². The first-order valence-corrected chi connectivity index (χ1v) is 9.56. The Morgan fingerprint density at radius 1 is 1.28 bits per heavy atom. The normalized spacial score (nSPS) is 20.6. The van der Waals surface area contributed by atoms with E-state index < -0.39 is 0 Å². The summed E-state index contributed by atoms with van der Waals surface area (Å²) in [6.07, 6.45) is 4.35. The van der Waals surface area contributed by atoms with Gasteiger partial charge in [-0.1, -0.05) is 0 Å². The Morgan fingerprint density at radius 3 is 2.60 bits per heavy atom. The lowest BCUT2D eigenvalue weighted by molar-refractivity contribution is -0.132. The van der Waals surface area contributed by atoms with E-state index in [4.69, 9.17) is 9.15 Å². The fourth-order valence-electron chi connectivity index (χ4n) is 3.18. The van der Waals surface area contributed by atoms with Crippen molar-refractivity contribution in [2.45, 2.75) is 59.1 Å². The highest BCUT2D eigenvalue weighted by Crippen LogP contribution is 2.29. The average molecular weight is 349 g/mol. The predicted octanol–water partition coefficient (Wildman–Crippen LogP) is 2.43. The number of hydrogen-bond donors (Lipinski definition) is 1. The molecule has 1 saturated heterocycles. The van der Waals surface area contributed by atoms with Crippen LogP contribution < -0.4 is 5.32 Å². The summed E-state index contributed by atoms with van der Waals surface area (Å²) >= 11 is 0. The predicted molar refractivity (Wildman–Crippen MR) is 95.1 cm³/mol. The number of ether oxygens (including phenoxy) is 1. The van der Waals surface area contributed by atoms with Crippen molar-refractivity contribution in [3.63, 3.8) is 0 Å². The minimum Gasteiger partial charge on any atom is -0.444 e. The van der Waals surface area contributed by atoms with Gasteiger partial charge in [0.1, 0.15) is 11.9 Å². The monoisotopic (exact) mass is 349 g/mol. The number of oxazole rings is 1. The largest absolute Gasteiger partial charge is 0.444 e. The Morgan fingerprint density at radius 2 is 2.00 bits per heavy atom. The van der Waals surface area contributed by atoms with Gasteiger partial charge in [-0.3, -0.25) is 9.69 Å². The maximum Gasteiger partial charge on any atom is 0.248 e. The second-order valence-electron chi connectivity index (χ2n) is 7.63. The number of carbonyl (C=O) groups is 1. The van der Waals surface area contributed by atoms with Crippen LogP contribution in [0, 0.1) is 25.7 Å². The third kappa shape index (κ3) is 5.54. The smallest absolute Gasteiger partial charge is 0.248 e. The Labute approximate surface area is 150 Å². The average Bonchev–Trinajstić information content (AvgIpc) is 3.37. The lowest BCUT2D eigenvalue weighted by Gasteiger charge is -2.31. The van der Waals surface area contributed by atoms with Gasteiger partial charge in [0.15, 0.2) is 0 Å². The van der Waals surface area contributed by atoms with Crippen LogP contribution in [0.5, 0.6) is 0 Å². The summed E-state index contributed by atoms with van der Waals surface area (Å²) in [7, 11) is 0. The minimum atomic E-state index is -0.336. The van der Waals surface area contributed by atoms with Crippen LogP contribution in [0.1, 0.15) is 50.0 Å². The molecule has 1 atom stereocenters. The van der Waals surface area contributed by atoms with Crippen LogP contribution in [0.15, 0.2) is 4.42 Å². The molecule has 0 unspecified atom stereocenters. The van der Waals surface area contributed by atoms with Crippen LogP contribution in [-0.4, -0.2) is 48.1 Å². The van der Waals surface area contributed by atoms with E-state index >= 15 is 0 Å². The number of nitrogens with one attached hydrogen (secondary N) is 1. The van der Waals surface area contributed by atoms with E-state index in [0.29, 0.717) is 11.8 Å². The number of rotatable bonds is 8. The zero-order valence-electron chi connectivity index (χ0n) is 15.7. The molecule has 140 valence electrons. The van der Waals surface area contributed by atoms with E-state index in [1.54, 1.807) is 0 Å². The van der Waals surface area contributed by atoms with Crippen LogP contribution in [-0.2, 0) is 16.1 Å². The summed E-state index contributed by atoms with van der Waals surface area (Å²) in [5, 5.41) is 3.06. The molecule has 0 aromatic carbocycles. The highest BCUT2D eigenvalue weighted by atomic mass is 16.5. The number of aryl methyl sites for hydroxylation is 2. The van der Waals surface area contributed by atoms with Crippen LogP contribution >= 0.6 is 0 Å². The quantitative estimate of drug-likeness (QED) is 0.781. The van der Waals surface area contributed by atoms with Gasteiger partial charge in [-0.05, 0) is 71.4 Å². The number of likely N-dealkylation sites (tertiary alicyclic amines) is 1. The highest BCUT2D eigenvalue weighted by Gasteiger charge is 2.25. The van der Waals surface area contributed by atoms with Gasteiger partial charge in [-0.25, -0.2) is 4.98 Å². The summed E-state index contributed by atoms with van der Waals surface area (Å²) in [5.74, 6) is 2.97. The van der Waals surface area contributed by atoms with Crippen molar-refractivity contribution in [3.05, 3.63) is 17.3 Å². The van der Waals surface area contributed by atoms with Crippen LogP contribution in [0.4, 0.5) is 0 Å². The van der Waals surface area contributed by atoms with Crippen molar-refractivity contribution in [2.24, 2.45) is 11.8 Å². The Balaban J connectivity index is 1.32. The van der Waals surface area contributed by atoms with Crippen LogP contribution in [0.2, 0.25) is 0 Å². The third-order valence-corrected chi connectivity index (χ3v) is 5.35. The number of amides is 1. The van der Waals surface area contributed by atoms with Crippen molar-refractivity contribution in [1.82, 2.24) is 15.2 Å². The fraction of sp³-hybridized carbons (Fsp3) is 0.789. The molecule has 1 aromatic heterocycles. The molecule has 3 rings (SSSR count). The number of piperidine rings is 1. The molecule has 1 aliphatic heterocycles. The topological polar surface area (TPSA) is 67.6 Å². The highest BCUT2D eigenvalue weighted by molar-refractivity contribution is 5.80. The lowest BCUT2D eigenvalue weighted by Crippen LogP contribution is -2.41. The summed E-state index contributed by atoms with van der Waals surface area (Å²) in [5.41, 5.74) is 0.977. The second-order valence-corrected chi connectivity index (χ2v) is 7.63. The Kier molecular flexibility index (Phi) is 6.12. The zero-order valence-corrected chi connectivity index (χ0v) is 15.7. The van der Waals surface area contributed by atoms with Gasteiger partial charge in [-0.15, -0.1) is 0 Å². The SMILES string of the molecule is Cc1nc(CN2CCC(CNC(=O)[C@H](C)OCC3CC3)CC2)oc1C. The van der Waals surface area contributed by atoms with Crippen molar-refractivity contribution in [2.75, 3.05) is 26.2 Å². The van der Waals surface area contributed by atoms with E-state index in [1.165, 1.54) is 12.8 Å². The molecule has 0 spiro atoms. The maximum atomic E-state index is 12.1. The van der Waals surface area contributed by atoms with Crippen molar-refractivity contribution >= 4 is 5.91 Å². The standard InChI is InChI=1S/C19H31N3O3/c1-13-14(2)25-18(21-13)11-22-8-6-16(7-9-22)10-20-19(23)15(3)24-12-17-4-5-17/h15-17H,4-12H2,1-3H3,(H,20,23)/t15-/m0/s1. The van der Waals surface area contributed by atoms with Gasteiger partial charge in [0.2, 0.25) is 11.8 Å². The molecular formula is C19H31N3O3. The van der Waals surface area contributed by atoms with E-state index in [0.717, 1.165) is 63.0 Å².